The lowest BCUT2D eigenvalue weighted by atomic mass is 10.0. The molecule has 0 bridgehead atoms. The molecule has 0 saturated carbocycles. The first kappa shape index (κ1) is 24.6. The Labute approximate surface area is 209 Å². The summed E-state index contributed by atoms with van der Waals surface area (Å²) < 4.78 is 68.3. The van der Waals surface area contributed by atoms with E-state index in [9.17, 15) is 22.4 Å². The summed E-state index contributed by atoms with van der Waals surface area (Å²) in [7, 11) is 0. The fourth-order valence-electron chi connectivity index (χ4n) is 4.35. The minimum atomic E-state index is -3.64. The zero-order chi connectivity index (χ0) is 26.3. The molecule has 2 atom stereocenters. The van der Waals surface area contributed by atoms with Gasteiger partial charge < -0.3 is 14.8 Å². The third-order valence-corrected chi connectivity index (χ3v) is 6.15. The third-order valence-electron chi connectivity index (χ3n) is 6.15. The summed E-state index contributed by atoms with van der Waals surface area (Å²) in [6.07, 6.45) is 1.30. The zero-order valence-corrected chi connectivity index (χ0v) is 20.0. The Bertz CT molecular complexity index is 1460. The Hall–Kier alpha value is -4.08. The number of carbonyl (C=O) groups is 1. The molecule has 37 heavy (non-hydrogen) atoms. The molecule has 0 radical (unpaired) electrons. The van der Waals surface area contributed by atoms with E-state index >= 15 is 0 Å². The maximum atomic E-state index is 14.0. The predicted octanol–water partition coefficient (Wildman–Crippen LogP) is 5.52. The van der Waals surface area contributed by atoms with Crippen LogP contribution < -0.4 is 14.8 Å². The number of hydrogen-bond donors (Lipinski definition) is 1. The number of ether oxygens (including phenoxy) is 2. The van der Waals surface area contributed by atoms with E-state index in [1.807, 2.05) is 18.2 Å². The van der Waals surface area contributed by atoms with E-state index in [1.54, 1.807) is 29.1 Å². The molecule has 1 amide bonds. The largest absolute Gasteiger partial charge is 0.493 e. The second kappa shape index (κ2) is 9.42. The van der Waals surface area contributed by atoms with Crippen LogP contribution in [0.25, 0.3) is 16.6 Å². The molecule has 3 aromatic carbocycles. The Balaban J connectivity index is 1.46. The van der Waals surface area contributed by atoms with Gasteiger partial charge in [0.25, 0.3) is 5.91 Å². The predicted molar refractivity (Wildman–Crippen MR) is 128 cm³/mol. The van der Waals surface area contributed by atoms with Crippen molar-refractivity contribution < 1.29 is 31.8 Å². The SMILES string of the molecule is C[C@H](NC(=O)C(C)(F)F)[C@H](Oc1ccc2c(cnn2-c2ccc3c(c2)CCO3)c1)c1cc(F)cc(F)c1. The minimum absolute atomic E-state index is 0.0425. The number of rotatable bonds is 7. The molecule has 0 fully saturated rings. The van der Waals surface area contributed by atoms with Gasteiger partial charge in [0.1, 0.15) is 29.2 Å². The van der Waals surface area contributed by atoms with Crippen molar-refractivity contribution in [1.82, 2.24) is 15.1 Å². The molecule has 0 saturated heterocycles. The van der Waals surface area contributed by atoms with Crippen molar-refractivity contribution in [2.24, 2.45) is 0 Å². The molecule has 5 rings (SSSR count). The van der Waals surface area contributed by atoms with Crippen molar-refractivity contribution in [3.8, 4) is 17.2 Å². The molecule has 1 aromatic heterocycles. The van der Waals surface area contributed by atoms with Gasteiger partial charge in [0.2, 0.25) is 0 Å². The number of hydrogen-bond acceptors (Lipinski definition) is 4. The first-order chi connectivity index (χ1) is 17.6. The monoisotopic (exact) mass is 513 g/mol. The molecule has 192 valence electrons. The summed E-state index contributed by atoms with van der Waals surface area (Å²) >= 11 is 0. The van der Waals surface area contributed by atoms with Crippen LogP contribution >= 0.6 is 0 Å². The van der Waals surface area contributed by atoms with Gasteiger partial charge in [0.05, 0.1) is 30.0 Å². The highest BCUT2D eigenvalue weighted by molar-refractivity contribution is 5.83. The highest BCUT2D eigenvalue weighted by Gasteiger charge is 2.35. The number of nitrogens with zero attached hydrogens (tertiary/aromatic N) is 2. The fourth-order valence-corrected chi connectivity index (χ4v) is 4.35. The van der Waals surface area contributed by atoms with Gasteiger partial charge in [-0.1, -0.05) is 0 Å². The van der Waals surface area contributed by atoms with Gasteiger partial charge in [0.15, 0.2) is 0 Å². The maximum Gasteiger partial charge on any atom is 0.321 e. The molecular weight excluding hydrogens is 490 g/mol. The second-order valence-corrected chi connectivity index (χ2v) is 9.06. The van der Waals surface area contributed by atoms with Crippen molar-refractivity contribution in [2.75, 3.05) is 6.61 Å². The van der Waals surface area contributed by atoms with Gasteiger partial charge in [-0.25, -0.2) is 13.5 Å². The van der Waals surface area contributed by atoms with Gasteiger partial charge in [-0.05, 0) is 61.0 Å². The second-order valence-electron chi connectivity index (χ2n) is 9.06. The number of aromatic nitrogens is 2. The summed E-state index contributed by atoms with van der Waals surface area (Å²) in [4.78, 5) is 11.9. The number of carbonyl (C=O) groups excluding carboxylic acids is 1. The summed E-state index contributed by atoms with van der Waals surface area (Å²) in [5.74, 6) is -5.73. The molecule has 0 spiro atoms. The van der Waals surface area contributed by atoms with Crippen molar-refractivity contribution in [2.45, 2.75) is 38.3 Å². The van der Waals surface area contributed by atoms with Gasteiger partial charge in [-0.15, -0.1) is 0 Å². The maximum absolute atomic E-state index is 14.0. The Morgan fingerprint density at radius 1 is 1.11 bits per heavy atom. The lowest BCUT2D eigenvalue weighted by Crippen LogP contribution is -2.46. The van der Waals surface area contributed by atoms with E-state index < -0.39 is 35.6 Å². The van der Waals surface area contributed by atoms with Crippen molar-refractivity contribution >= 4 is 16.8 Å². The van der Waals surface area contributed by atoms with E-state index in [4.69, 9.17) is 9.47 Å². The highest BCUT2D eigenvalue weighted by atomic mass is 19.3. The van der Waals surface area contributed by atoms with Crippen LogP contribution in [0, 0.1) is 11.6 Å². The lowest BCUT2D eigenvalue weighted by Gasteiger charge is -2.27. The third kappa shape index (κ3) is 5.09. The highest BCUT2D eigenvalue weighted by Crippen LogP contribution is 2.32. The van der Waals surface area contributed by atoms with E-state index in [0.717, 1.165) is 46.5 Å². The van der Waals surface area contributed by atoms with E-state index in [0.29, 0.717) is 25.3 Å². The van der Waals surface area contributed by atoms with Crippen molar-refractivity contribution in [1.29, 1.82) is 0 Å². The van der Waals surface area contributed by atoms with Crippen LogP contribution in [0.4, 0.5) is 17.6 Å². The minimum Gasteiger partial charge on any atom is -0.493 e. The van der Waals surface area contributed by atoms with Gasteiger partial charge >= 0.3 is 5.92 Å². The first-order valence-corrected chi connectivity index (χ1v) is 11.6. The van der Waals surface area contributed by atoms with Crippen LogP contribution in [-0.4, -0.2) is 34.3 Å². The van der Waals surface area contributed by atoms with Crippen LogP contribution in [0.5, 0.6) is 11.5 Å². The summed E-state index contributed by atoms with van der Waals surface area (Å²) in [6.45, 7) is 2.53. The topological polar surface area (TPSA) is 65.4 Å². The first-order valence-electron chi connectivity index (χ1n) is 11.6. The molecule has 6 nitrogen and oxygen atoms in total. The van der Waals surface area contributed by atoms with Crippen LogP contribution in [0.2, 0.25) is 0 Å². The number of benzene rings is 3. The standard InChI is InChI=1S/C27H23F4N3O3/c1-15(33-26(35)27(2,30)31)25(17-9-19(28)13-20(29)10-17)37-22-4-5-23-18(12-22)14-32-34(23)21-3-6-24-16(11-21)7-8-36-24/h3-6,9-15,25H,7-8H2,1-2H3,(H,33,35)/t15-,25-/m0/s1. The number of amides is 1. The summed E-state index contributed by atoms with van der Waals surface area (Å²) in [6, 6.07) is 12.6. The van der Waals surface area contributed by atoms with E-state index in [2.05, 4.69) is 10.4 Å². The van der Waals surface area contributed by atoms with Crippen LogP contribution in [0.1, 0.15) is 31.1 Å². The number of alkyl halides is 2. The molecule has 2 heterocycles. The zero-order valence-electron chi connectivity index (χ0n) is 20.0. The number of halogens is 4. The average Bonchev–Trinajstić information content (AvgIpc) is 3.47. The molecule has 1 aliphatic heterocycles. The van der Waals surface area contributed by atoms with Crippen molar-refractivity contribution in [3.63, 3.8) is 0 Å². The van der Waals surface area contributed by atoms with Gasteiger partial charge in [0, 0.05) is 30.4 Å². The van der Waals surface area contributed by atoms with Crippen molar-refractivity contribution in [3.05, 3.63) is 83.6 Å². The molecule has 0 unspecified atom stereocenters. The smallest absolute Gasteiger partial charge is 0.321 e. The summed E-state index contributed by atoms with van der Waals surface area (Å²) in [5, 5.41) is 7.37. The molecule has 1 aliphatic rings. The average molecular weight is 513 g/mol. The molecule has 1 N–H and O–H groups in total. The quantitative estimate of drug-likeness (QED) is 0.331. The molecular formula is C27H23F4N3O3. The number of nitrogens with one attached hydrogen (secondary N) is 1. The van der Waals surface area contributed by atoms with E-state index in [-0.39, 0.29) is 5.56 Å². The Morgan fingerprint density at radius 2 is 1.86 bits per heavy atom. The van der Waals surface area contributed by atoms with Gasteiger partial charge in [-0.3, -0.25) is 4.79 Å². The normalized spacial score (nSPS) is 14.6. The Morgan fingerprint density at radius 3 is 2.59 bits per heavy atom. The lowest BCUT2D eigenvalue weighted by molar-refractivity contribution is -0.144. The molecule has 10 heteroatoms. The van der Waals surface area contributed by atoms with E-state index in [1.165, 1.54) is 6.92 Å². The Kier molecular flexibility index (Phi) is 6.26. The van der Waals surface area contributed by atoms with Crippen LogP contribution in [-0.2, 0) is 11.2 Å². The molecule has 4 aromatic rings. The van der Waals surface area contributed by atoms with Crippen LogP contribution in [0.3, 0.4) is 0 Å². The molecule has 0 aliphatic carbocycles. The fraction of sp³-hybridized carbons (Fsp3) is 0.259. The van der Waals surface area contributed by atoms with Crippen LogP contribution in [0.15, 0.2) is 60.8 Å². The number of fused-ring (bicyclic) bond motifs is 2. The van der Waals surface area contributed by atoms with Gasteiger partial charge in [-0.2, -0.15) is 13.9 Å². The summed E-state index contributed by atoms with van der Waals surface area (Å²) in [5.41, 5.74) is 2.78.